The molecule has 1 aliphatic rings. The summed E-state index contributed by atoms with van der Waals surface area (Å²) in [6, 6.07) is 4.43. The number of rotatable bonds is 6. The van der Waals surface area contributed by atoms with E-state index in [2.05, 4.69) is 38.5 Å². The highest BCUT2D eigenvalue weighted by molar-refractivity contribution is 14.0. The van der Waals surface area contributed by atoms with Gasteiger partial charge in [-0.05, 0) is 24.3 Å². The normalized spacial score (nSPS) is 17.0. The van der Waals surface area contributed by atoms with Gasteiger partial charge in [0.05, 0.1) is 0 Å². The number of guanidine groups is 1. The quantitative estimate of drug-likeness (QED) is 0.237. The van der Waals surface area contributed by atoms with Gasteiger partial charge in [0.15, 0.2) is 5.96 Å². The lowest BCUT2D eigenvalue weighted by atomic mass is 9.73. The van der Waals surface area contributed by atoms with Crippen molar-refractivity contribution in [2.75, 3.05) is 26.7 Å². The Morgan fingerprint density at radius 1 is 1.15 bits per heavy atom. The lowest BCUT2D eigenvalue weighted by Crippen LogP contribution is -2.48. The van der Waals surface area contributed by atoms with Gasteiger partial charge < -0.3 is 16.0 Å². The molecule has 3 N–H and O–H groups in total. The molecule has 2 rings (SSSR count). The maximum atomic E-state index is 11.9. The average molecular weight is 506 g/mol. The average Bonchev–Trinajstić information content (AvgIpc) is 3.16. The Labute approximate surface area is 185 Å². The molecule has 5 nitrogen and oxygen atoms in total. The molecule has 0 aliphatic heterocycles. The van der Waals surface area contributed by atoms with E-state index in [9.17, 15) is 4.79 Å². The Kier molecular flexibility index (Phi) is 10.1. The van der Waals surface area contributed by atoms with E-state index in [1.165, 1.54) is 37.0 Å². The Morgan fingerprint density at radius 3 is 2.37 bits per heavy atom. The van der Waals surface area contributed by atoms with Crippen molar-refractivity contribution < 1.29 is 4.79 Å². The molecule has 1 aromatic rings. The highest BCUT2D eigenvalue weighted by Crippen LogP contribution is 2.41. The third kappa shape index (κ3) is 7.25. The van der Waals surface area contributed by atoms with E-state index in [0.717, 1.165) is 12.5 Å². The lowest BCUT2D eigenvalue weighted by Gasteiger charge is -2.37. The summed E-state index contributed by atoms with van der Waals surface area (Å²) in [7, 11) is 1.79. The topological polar surface area (TPSA) is 65.5 Å². The van der Waals surface area contributed by atoms with Crippen molar-refractivity contribution >= 4 is 47.2 Å². The maximum absolute atomic E-state index is 11.9. The van der Waals surface area contributed by atoms with Gasteiger partial charge in [-0.3, -0.25) is 9.79 Å². The first-order valence-corrected chi connectivity index (χ1v) is 10.5. The standard InChI is InChI=1S/C20H34N4OS.HI/c1-19(2,3)17(25)22-12-13-23-18(21-4)24-15-20(10-6-5-7-11-20)16-9-8-14-26-16;/h8-9,14H,5-7,10-13,15H2,1-4H3,(H,22,25)(H2,21,23,24);1H. The zero-order chi connectivity index (χ0) is 19.0. The summed E-state index contributed by atoms with van der Waals surface area (Å²) in [5, 5.41) is 12.0. The number of carbonyl (C=O) groups is 1. The largest absolute Gasteiger partial charge is 0.355 e. The number of nitrogens with zero attached hydrogens (tertiary/aromatic N) is 1. The molecule has 1 heterocycles. The third-order valence-electron chi connectivity index (χ3n) is 5.06. The van der Waals surface area contributed by atoms with E-state index in [1.54, 1.807) is 7.05 Å². The number of hydrogen-bond acceptors (Lipinski definition) is 3. The summed E-state index contributed by atoms with van der Waals surface area (Å²) in [5.74, 6) is 0.873. The number of carbonyl (C=O) groups excluding carboxylic acids is 1. The van der Waals surface area contributed by atoms with Crippen molar-refractivity contribution in [3.63, 3.8) is 0 Å². The highest BCUT2D eigenvalue weighted by atomic mass is 127. The first-order chi connectivity index (χ1) is 12.4. The Balaban J connectivity index is 0.00000364. The van der Waals surface area contributed by atoms with Crippen LogP contribution in [0.4, 0.5) is 0 Å². The molecule has 7 heteroatoms. The molecule has 1 fully saturated rings. The van der Waals surface area contributed by atoms with Gasteiger partial charge in [0, 0.05) is 42.4 Å². The molecule has 0 saturated heterocycles. The van der Waals surface area contributed by atoms with Gasteiger partial charge in [-0.2, -0.15) is 0 Å². The smallest absolute Gasteiger partial charge is 0.225 e. The van der Waals surface area contributed by atoms with Gasteiger partial charge in [0.1, 0.15) is 0 Å². The minimum absolute atomic E-state index is 0. The van der Waals surface area contributed by atoms with Crippen LogP contribution in [0.3, 0.4) is 0 Å². The van der Waals surface area contributed by atoms with Gasteiger partial charge in [-0.25, -0.2) is 0 Å². The Hall–Kier alpha value is -0.830. The van der Waals surface area contributed by atoms with E-state index in [0.29, 0.717) is 13.1 Å². The summed E-state index contributed by atoms with van der Waals surface area (Å²) < 4.78 is 0. The SMILES string of the molecule is CN=C(NCCNC(=O)C(C)(C)C)NCC1(c2cccs2)CCCCC1.I. The molecule has 1 aromatic heterocycles. The number of hydrogen-bond donors (Lipinski definition) is 3. The molecular formula is C20H35IN4OS. The molecule has 27 heavy (non-hydrogen) atoms. The van der Waals surface area contributed by atoms with Crippen LogP contribution in [0.2, 0.25) is 0 Å². The fourth-order valence-electron chi connectivity index (χ4n) is 3.41. The second-order valence-electron chi connectivity index (χ2n) is 8.18. The summed E-state index contributed by atoms with van der Waals surface area (Å²) in [4.78, 5) is 17.7. The van der Waals surface area contributed by atoms with Crippen molar-refractivity contribution in [3.05, 3.63) is 22.4 Å². The number of aliphatic imine (C=N–C) groups is 1. The predicted molar refractivity (Wildman–Crippen MR) is 126 cm³/mol. The van der Waals surface area contributed by atoms with Crippen molar-refractivity contribution in [2.24, 2.45) is 10.4 Å². The lowest BCUT2D eigenvalue weighted by molar-refractivity contribution is -0.128. The molecule has 154 valence electrons. The van der Waals surface area contributed by atoms with Gasteiger partial charge in [0.25, 0.3) is 0 Å². The van der Waals surface area contributed by atoms with E-state index in [-0.39, 0.29) is 40.7 Å². The van der Waals surface area contributed by atoms with Crippen molar-refractivity contribution in [2.45, 2.75) is 58.3 Å². The molecule has 1 amide bonds. The highest BCUT2D eigenvalue weighted by Gasteiger charge is 2.34. The van der Waals surface area contributed by atoms with Crippen LogP contribution in [0.15, 0.2) is 22.5 Å². The third-order valence-corrected chi connectivity index (χ3v) is 6.17. The van der Waals surface area contributed by atoms with E-state index >= 15 is 0 Å². The van der Waals surface area contributed by atoms with Crippen molar-refractivity contribution in [3.8, 4) is 0 Å². The Bertz CT molecular complexity index is 590. The molecule has 0 spiro atoms. The predicted octanol–water partition coefficient (Wildman–Crippen LogP) is 3.90. The molecule has 0 radical (unpaired) electrons. The van der Waals surface area contributed by atoms with E-state index < -0.39 is 0 Å². The van der Waals surface area contributed by atoms with Crippen LogP contribution in [-0.2, 0) is 10.2 Å². The van der Waals surface area contributed by atoms with Crippen LogP contribution in [0.5, 0.6) is 0 Å². The number of amides is 1. The van der Waals surface area contributed by atoms with E-state index in [1.807, 2.05) is 32.1 Å². The number of halogens is 1. The van der Waals surface area contributed by atoms with Crippen LogP contribution in [-0.4, -0.2) is 38.5 Å². The minimum atomic E-state index is -0.353. The second-order valence-corrected chi connectivity index (χ2v) is 9.12. The Morgan fingerprint density at radius 2 is 1.81 bits per heavy atom. The van der Waals surface area contributed by atoms with Gasteiger partial charge in [0.2, 0.25) is 5.91 Å². The number of thiophene rings is 1. The van der Waals surface area contributed by atoms with Crippen LogP contribution >= 0.6 is 35.3 Å². The van der Waals surface area contributed by atoms with Crippen LogP contribution in [0.25, 0.3) is 0 Å². The van der Waals surface area contributed by atoms with Gasteiger partial charge in [-0.15, -0.1) is 35.3 Å². The summed E-state index contributed by atoms with van der Waals surface area (Å²) in [6.07, 6.45) is 6.40. The number of nitrogens with one attached hydrogen (secondary N) is 3. The molecule has 0 aromatic carbocycles. The molecule has 0 unspecified atom stereocenters. The molecule has 0 bridgehead atoms. The maximum Gasteiger partial charge on any atom is 0.225 e. The fourth-order valence-corrected chi connectivity index (χ4v) is 4.40. The summed E-state index contributed by atoms with van der Waals surface area (Å²) >= 11 is 1.87. The molecule has 0 atom stereocenters. The van der Waals surface area contributed by atoms with Gasteiger partial charge >= 0.3 is 0 Å². The van der Waals surface area contributed by atoms with E-state index in [4.69, 9.17) is 0 Å². The first-order valence-electron chi connectivity index (χ1n) is 9.64. The van der Waals surface area contributed by atoms with Crippen LogP contribution in [0, 0.1) is 5.41 Å². The molecular weight excluding hydrogens is 471 g/mol. The summed E-state index contributed by atoms with van der Waals surface area (Å²) in [5.41, 5.74) is -0.127. The minimum Gasteiger partial charge on any atom is -0.355 e. The van der Waals surface area contributed by atoms with Crippen molar-refractivity contribution in [1.29, 1.82) is 0 Å². The van der Waals surface area contributed by atoms with Crippen LogP contribution in [0.1, 0.15) is 57.8 Å². The molecule has 1 saturated carbocycles. The zero-order valence-corrected chi connectivity index (χ0v) is 20.2. The van der Waals surface area contributed by atoms with Crippen LogP contribution < -0.4 is 16.0 Å². The van der Waals surface area contributed by atoms with Crippen molar-refractivity contribution in [1.82, 2.24) is 16.0 Å². The second kappa shape index (κ2) is 11.2. The first kappa shape index (κ1) is 24.2. The summed E-state index contributed by atoms with van der Waals surface area (Å²) in [6.45, 7) is 7.92. The molecule has 1 aliphatic carbocycles. The fraction of sp³-hybridized carbons (Fsp3) is 0.700. The zero-order valence-electron chi connectivity index (χ0n) is 17.1. The van der Waals surface area contributed by atoms with Gasteiger partial charge in [-0.1, -0.05) is 46.1 Å². The monoisotopic (exact) mass is 506 g/mol.